The monoisotopic (exact) mass is 437 g/mol. The molecule has 4 rings (SSSR count). The summed E-state index contributed by atoms with van der Waals surface area (Å²) in [7, 11) is 0. The molecule has 0 aliphatic heterocycles. The minimum atomic E-state index is -0.124. The Morgan fingerprint density at radius 1 is 1.16 bits per heavy atom. The van der Waals surface area contributed by atoms with Gasteiger partial charge in [-0.05, 0) is 56.9 Å². The van der Waals surface area contributed by atoms with Gasteiger partial charge in [0.25, 0.3) is 5.91 Å². The molecule has 0 saturated carbocycles. The molecule has 0 bridgehead atoms. The van der Waals surface area contributed by atoms with Crippen molar-refractivity contribution in [2.24, 2.45) is 0 Å². The largest absolute Gasteiger partial charge is 0.490 e. The first-order valence-corrected chi connectivity index (χ1v) is 11.6. The molecule has 1 aromatic carbocycles. The van der Waals surface area contributed by atoms with Crippen LogP contribution in [-0.2, 0) is 25.9 Å². The van der Waals surface area contributed by atoms with Crippen LogP contribution in [-0.4, -0.2) is 29.0 Å². The van der Waals surface area contributed by atoms with E-state index >= 15 is 0 Å². The minimum absolute atomic E-state index is 0.124. The lowest BCUT2D eigenvalue weighted by Gasteiger charge is -2.13. The number of amides is 1. The summed E-state index contributed by atoms with van der Waals surface area (Å²) in [5.74, 6) is 1.04. The summed E-state index contributed by atoms with van der Waals surface area (Å²) in [5.41, 5.74) is 2.78. The number of nitrogens with one attached hydrogen (secondary N) is 1. The number of carbonyl (C=O) groups excluding carboxylic acids is 1. The number of rotatable bonds is 9. The highest BCUT2D eigenvalue weighted by Gasteiger charge is 2.16. The Kier molecular flexibility index (Phi) is 7.14. The van der Waals surface area contributed by atoms with E-state index in [1.807, 2.05) is 19.1 Å². The van der Waals surface area contributed by atoms with Gasteiger partial charge in [0.2, 0.25) is 0 Å². The zero-order valence-corrected chi connectivity index (χ0v) is 18.5. The van der Waals surface area contributed by atoms with Crippen LogP contribution < -0.4 is 14.8 Å². The zero-order chi connectivity index (χ0) is 21.5. The van der Waals surface area contributed by atoms with Crippen LogP contribution in [0.3, 0.4) is 0 Å². The first-order valence-electron chi connectivity index (χ1n) is 10.8. The molecule has 1 aliphatic carbocycles. The Morgan fingerprint density at radius 3 is 2.87 bits per heavy atom. The van der Waals surface area contributed by atoms with Gasteiger partial charge >= 0.3 is 0 Å². The third-order valence-corrected chi connectivity index (χ3v) is 6.35. The van der Waals surface area contributed by atoms with E-state index < -0.39 is 0 Å². The summed E-state index contributed by atoms with van der Waals surface area (Å²) in [6.07, 6.45) is 8.98. The summed E-state index contributed by atoms with van der Waals surface area (Å²) in [6, 6.07) is 9.10. The molecule has 1 amide bonds. The van der Waals surface area contributed by atoms with Gasteiger partial charge in [-0.25, -0.2) is 4.98 Å². The van der Waals surface area contributed by atoms with Crippen molar-refractivity contribution in [2.45, 2.75) is 45.6 Å². The van der Waals surface area contributed by atoms with Gasteiger partial charge in [-0.1, -0.05) is 6.07 Å². The van der Waals surface area contributed by atoms with Gasteiger partial charge in [0, 0.05) is 41.4 Å². The van der Waals surface area contributed by atoms with Gasteiger partial charge in [0.05, 0.1) is 17.3 Å². The Balaban J connectivity index is 1.34. The first kappa shape index (κ1) is 21.3. The molecule has 0 saturated heterocycles. The molecular weight excluding hydrogens is 410 g/mol. The molecule has 162 valence electrons. The second kappa shape index (κ2) is 10.4. The standard InChI is InChI=1S/C24H27N3O3S/c1-2-29-21-14-18(9-10-20(21)30-16-17-6-5-12-25-15-17)24(28)26-13-11-23-27-19-7-3-4-8-22(19)31-23/h5-6,9-10,12,14-15H,2-4,7-8,11,13,16H2,1H3,(H,26,28). The maximum atomic E-state index is 12.6. The Labute approximate surface area is 186 Å². The quantitative estimate of drug-likeness (QED) is 0.538. The van der Waals surface area contributed by atoms with E-state index in [2.05, 4.69) is 10.3 Å². The van der Waals surface area contributed by atoms with Crippen molar-refractivity contribution in [2.75, 3.05) is 13.2 Å². The lowest BCUT2D eigenvalue weighted by atomic mass is 10.0. The van der Waals surface area contributed by atoms with E-state index in [-0.39, 0.29) is 5.91 Å². The average Bonchev–Trinajstić information content (AvgIpc) is 3.22. The molecule has 0 atom stereocenters. The SMILES string of the molecule is CCOc1cc(C(=O)NCCc2nc3c(s2)CCCC3)ccc1OCc1cccnc1. The second-order valence-corrected chi connectivity index (χ2v) is 8.60. The third kappa shape index (κ3) is 5.61. The maximum Gasteiger partial charge on any atom is 0.251 e. The van der Waals surface area contributed by atoms with Crippen LogP contribution in [0.5, 0.6) is 11.5 Å². The predicted molar refractivity (Wildman–Crippen MR) is 121 cm³/mol. The lowest BCUT2D eigenvalue weighted by Crippen LogP contribution is -2.25. The minimum Gasteiger partial charge on any atom is -0.490 e. The number of thiazole rings is 1. The zero-order valence-electron chi connectivity index (χ0n) is 17.7. The van der Waals surface area contributed by atoms with Crippen LogP contribution in [0, 0.1) is 0 Å². The molecule has 0 unspecified atom stereocenters. The molecule has 0 radical (unpaired) electrons. The van der Waals surface area contributed by atoms with Gasteiger partial charge in [0.1, 0.15) is 6.61 Å². The van der Waals surface area contributed by atoms with Crippen LogP contribution in [0.2, 0.25) is 0 Å². The molecule has 3 aromatic rings. The van der Waals surface area contributed by atoms with Crippen molar-refractivity contribution in [3.63, 3.8) is 0 Å². The van der Waals surface area contributed by atoms with E-state index in [0.717, 1.165) is 29.8 Å². The van der Waals surface area contributed by atoms with Gasteiger partial charge in [-0.3, -0.25) is 9.78 Å². The van der Waals surface area contributed by atoms with Crippen molar-refractivity contribution < 1.29 is 14.3 Å². The topological polar surface area (TPSA) is 73.3 Å². The molecule has 0 spiro atoms. The summed E-state index contributed by atoms with van der Waals surface area (Å²) >= 11 is 1.79. The number of benzene rings is 1. The fourth-order valence-corrected chi connectivity index (χ4v) is 4.74. The number of aromatic nitrogens is 2. The molecule has 2 heterocycles. The number of hydrogen-bond donors (Lipinski definition) is 1. The highest BCUT2D eigenvalue weighted by atomic mass is 32.1. The summed E-state index contributed by atoms with van der Waals surface area (Å²) in [6.45, 7) is 3.35. The third-order valence-electron chi connectivity index (χ3n) is 5.14. The van der Waals surface area contributed by atoms with E-state index in [1.54, 1.807) is 41.9 Å². The van der Waals surface area contributed by atoms with Gasteiger partial charge in [-0.2, -0.15) is 0 Å². The molecule has 6 nitrogen and oxygen atoms in total. The number of fused-ring (bicyclic) bond motifs is 1. The average molecular weight is 438 g/mol. The van der Waals surface area contributed by atoms with Crippen LogP contribution in [0.25, 0.3) is 0 Å². The predicted octanol–water partition coefficient (Wildman–Crippen LogP) is 4.37. The maximum absolute atomic E-state index is 12.6. The number of carbonyl (C=O) groups is 1. The van der Waals surface area contributed by atoms with Crippen LogP contribution in [0.4, 0.5) is 0 Å². The first-order chi connectivity index (χ1) is 15.2. The van der Waals surface area contributed by atoms with Gasteiger partial charge in [-0.15, -0.1) is 11.3 Å². The molecule has 31 heavy (non-hydrogen) atoms. The summed E-state index contributed by atoms with van der Waals surface area (Å²) in [5, 5.41) is 4.11. The molecule has 2 aromatic heterocycles. The van der Waals surface area contributed by atoms with Crippen molar-refractivity contribution in [1.29, 1.82) is 0 Å². The molecule has 0 fully saturated rings. The molecule has 1 aliphatic rings. The lowest BCUT2D eigenvalue weighted by molar-refractivity contribution is 0.0953. The van der Waals surface area contributed by atoms with Crippen molar-refractivity contribution in [3.05, 3.63) is 69.4 Å². The van der Waals surface area contributed by atoms with E-state index in [0.29, 0.717) is 36.8 Å². The highest BCUT2D eigenvalue weighted by Crippen LogP contribution is 2.29. The van der Waals surface area contributed by atoms with E-state index in [9.17, 15) is 4.79 Å². The number of hydrogen-bond acceptors (Lipinski definition) is 6. The van der Waals surface area contributed by atoms with Crippen LogP contribution in [0.1, 0.15) is 51.3 Å². The number of aryl methyl sites for hydroxylation is 2. The van der Waals surface area contributed by atoms with Gasteiger partial charge < -0.3 is 14.8 Å². The second-order valence-electron chi connectivity index (χ2n) is 7.43. The fraction of sp³-hybridized carbons (Fsp3) is 0.375. The van der Waals surface area contributed by atoms with E-state index in [1.165, 1.54) is 23.4 Å². The normalized spacial score (nSPS) is 12.8. The van der Waals surface area contributed by atoms with Crippen molar-refractivity contribution >= 4 is 17.2 Å². The number of pyridine rings is 1. The molecule has 7 heteroatoms. The Morgan fingerprint density at radius 2 is 2.06 bits per heavy atom. The molecular formula is C24H27N3O3S. The van der Waals surface area contributed by atoms with E-state index in [4.69, 9.17) is 14.5 Å². The smallest absolute Gasteiger partial charge is 0.251 e. The van der Waals surface area contributed by atoms with Crippen LogP contribution in [0.15, 0.2) is 42.7 Å². The molecule has 1 N–H and O–H groups in total. The van der Waals surface area contributed by atoms with Crippen molar-refractivity contribution in [3.8, 4) is 11.5 Å². The van der Waals surface area contributed by atoms with Gasteiger partial charge in [0.15, 0.2) is 11.5 Å². The van der Waals surface area contributed by atoms with Crippen molar-refractivity contribution in [1.82, 2.24) is 15.3 Å². The summed E-state index contributed by atoms with van der Waals surface area (Å²) < 4.78 is 11.6. The fourth-order valence-electron chi connectivity index (χ4n) is 3.58. The number of nitrogens with zero attached hydrogens (tertiary/aromatic N) is 2. The Bertz CT molecular complexity index is 997. The highest BCUT2D eigenvalue weighted by molar-refractivity contribution is 7.11. The Hall–Kier alpha value is -2.93. The number of ether oxygens (including phenoxy) is 2. The van der Waals surface area contributed by atoms with Crippen LogP contribution >= 0.6 is 11.3 Å². The summed E-state index contributed by atoms with van der Waals surface area (Å²) in [4.78, 5) is 22.9.